The first-order chi connectivity index (χ1) is 15.1. The van der Waals surface area contributed by atoms with Crippen molar-refractivity contribution in [3.05, 3.63) is 77.2 Å². The molecule has 170 valence electrons. The second kappa shape index (κ2) is 14.2. The molecule has 0 fully saturated rings. The second-order valence-electron chi connectivity index (χ2n) is 8.23. The molecule has 0 bridgehead atoms. The van der Waals surface area contributed by atoms with E-state index in [1.54, 1.807) is 36.4 Å². The van der Waals surface area contributed by atoms with Crippen LogP contribution >= 0.6 is 0 Å². The van der Waals surface area contributed by atoms with Crippen LogP contribution in [0.4, 0.5) is 0 Å². The molecular weight excluding hydrogens is 404 g/mol. The van der Waals surface area contributed by atoms with Gasteiger partial charge in [-0.2, -0.15) is 0 Å². The van der Waals surface area contributed by atoms with Crippen molar-refractivity contribution in [2.45, 2.75) is 88.6 Å². The van der Waals surface area contributed by atoms with Crippen LogP contribution in [0.15, 0.2) is 76.5 Å². The normalized spacial score (nSPS) is 13.3. The maximum Gasteiger partial charge on any atom is 0.205 e. The number of rotatable bonds is 15. The van der Waals surface area contributed by atoms with Gasteiger partial charge in [-0.1, -0.05) is 106 Å². The number of aryl methyl sites for hydroxylation is 1. The Morgan fingerprint density at radius 2 is 1.39 bits per heavy atom. The Balaban J connectivity index is 1.99. The van der Waals surface area contributed by atoms with Gasteiger partial charge in [0.15, 0.2) is 0 Å². The molecule has 3 nitrogen and oxygen atoms in total. The fraction of sp³-hybridized carbons (Fsp3) is 0.481. The van der Waals surface area contributed by atoms with E-state index in [0.29, 0.717) is 19.3 Å². The lowest BCUT2D eigenvalue weighted by Crippen LogP contribution is -2.20. The van der Waals surface area contributed by atoms with E-state index in [2.05, 4.69) is 6.92 Å². The van der Waals surface area contributed by atoms with Gasteiger partial charge in [0.05, 0.1) is 15.9 Å². The van der Waals surface area contributed by atoms with Crippen LogP contribution in [0.5, 0.6) is 0 Å². The van der Waals surface area contributed by atoms with Crippen LogP contribution in [0.3, 0.4) is 0 Å². The standard InChI is InChI=1S/C27H38O3S/c1-2-3-4-5-6-7-8-9-16-21-27(31(29,30)25-19-14-11-15-20-25)26(28)23-22-24-17-12-10-13-18-24/h10-15,17-21,26,28H,2-9,16,22-23H2,1H3/b27-21-. The summed E-state index contributed by atoms with van der Waals surface area (Å²) >= 11 is 0. The molecule has 2 aromatic carbocycles. The first-order valence-corrected chi connectivity index (χ1v) is 13.3. The topological polar surface area (TPSA) is 54.4 Å². The lowest BCUT2D eigenvalue weighted by Gasteiger charge is -2.16. The highest BCUT2D eigenvalue weighted by atomic mass is 32.2. The molecule has 0 aliphatic carbocycles. The molecule has 1 unspecified atom stereocenters. The largest absolute Gasteiger partial charge is 0.388 e. The zero-order chi connectivity index (χ0) is 22.4. The highest BCUT2D eigenvalue weighted by molar-refractivity contribution is 7.95. The van der Waals surface area contributed by atoms with Gasteiger partial charge in [-0.25, -0.2) is 8.42 Å². The van der Waals surface area contributed by atoms with Crippen LogP contribution in [-0.2, 0) is 16.3 Å². The molecule has 0 aromatic heterocycles. The zero-order valence-electron chi connectivity index (χ0n) is 18.9. The number of benzene rings is 2. The molecule has 0 aliphatic heterocycles. The summed E-state index contributed by atoms with van der Waals surface area (Å²) in [6, 6.07) is 18.3. The number of aliphatic hydroxyl groups excluding tert-OH is 1. The predicted octanol–water partition coefficient (Wildman–Crippen LogP) is 6.87. The molecule has 0 saturated heterocycles. The van der Waals surface area contributed by atoms with Gasteiger partial charge in [0.1, 0.15) is 0 Å². The van der Waals surface area contributed by atoms with Crippen molar-refractivity contribution < 1.29 is 13.5 Å². The van der Waals surface area contributed by atoms with Crippen molar-refractivity contribution >= 4 is 9.84 Å². The molecule has 0 aliphatic rings. The van der Waals surface area contributed by atoms with Gasteiger partial charge in [0.25, 0.3) is 0 Å². The van der Waals surface area contributed by atoms with Gasteiger partial charge in [-0.3, -0.25) is 0 Å². The number of aliphatic hydroxyl groups is 1. The fourth-order valence-electron chi connectivity index (χ4n) is 3.77. The lowest BCUT2D eigenvalue weighted by atomic mass is 10.1. The minimum Gasteiger partial charge on any atom is -0.388 e. The van der Waals surface area contributed by atoms with E-state index >= 15 is 0 Å². The van der Waals surface area contributed by atoms with E-state index in [0.717, 1.165) is 18.4 Å². The van der Waals surface area contributed by atoms with Crippen LogP contribution in [0.2, 0.25) is 0 Å². The Morgan fingerprint density at radius 3 is 2.00 bits per heavy atom. The average Bonchev–Trinajstić information content (AvgIpc) is 2.80. The van der Waals surface area contributed by atoms with Crippen LogP contribution < -0.4 is 0 Å². The third-order valence-corrected chi connectivity index (χ3v) is 7.60. The number of unbranched alkanes of at least 4 members (excludes halogenated alkanes) is 8. The van der Waals surface area contributed by atoms with Gasteiger partial charge in [0.2, 0.25) is 9.84 Å². The molecule has 1 atom stereocenters. The minimum atomic E-state index is -3.70. The van der Waals surface area contributed by atoms with Crippen molar-refractivity contribution in [2.75, 3.05) is 0 Å². The van der Waals surface area contributed by atoms with E-state index in [1.165, 1.54) is 38.5 Å². The summed E-state index contributed by atoms with van der Waals surface area (Å²) in [6.45, 7) is 2.22. The summed E-state index contributed by atoms with van der Waals surface area (Å²) in [5, 5.41) is 10.8. The lowest BCUT2D eigenvalue weighted by molar-refractivity contribution is 0.207. The minimum absolute atomic E-state index is 0.151. The Hall–Kier alpha value is -1.91. The van der Waals surface area contributed by atoms with Gasteiger partial charge in [-0.15, -0.1) is 0 Å². The van der Waals surface area contributed by atoms with Crippen LogP contribution in [0, 0.1) is 0 Å². The molecule has 4 heteroatoms. The Bertz CT molecular complexity index is 858. The summed E-state index contributed by atoms with van der Waals surface area (Å²) in [5.74, 6) is 0. The van der Waals surface area contributed by atoms with Gasteiger partial charge < -0.3 is 5.11 Å². The molecule has 2 aromatic rings. The van der Waals surface area contributed by atoms with E-state index in [4.69, 9.17) is 0 Å². The van der Waals surface area contributed by atoms with Gasteiger partial charge >= 0.3 is 0 Å². The van der Waals surface area contributed by atoms with Crippen molar-refractivity contribution in [3.63, 3.8) is 0 Å². The SMILES string of the molecule is CCCCCCCCCC/C=C(/C(O)CCc1ccccc1)S(=O)(=O)c1ccccc1. The fourth-order valence-corrected chi connectivity index (χ4v) is 5.37. The first kappa shape index (κ1) is 25.4. The highest BCUT2D eigenvalue weighted by Crippen LogP contribution is 2.25. The second-order valence-corrected chi connectivity index (χ2v) is 10.2. The molecular formula is C27H38O3S. The third kappa shape index (κ3) is 9.00. The Kier molecular flexibility index (Phi) is 11.6. The van der Waals surface area contributed by atoms with E-state index in [1.807, 2.05) is 30.3 Å². The van der Waals surface area contributed by atoms with E-state index in [-0.39, 0.29) is 9.80 Å². The maximum atomic E-state index is 13.2. The van der Waals surface area contributed by atoms with E-state index < -0.39 is 15.9 Å². The summed E-state index contributed by atoms with van der Waals surface area (Å²) in [5.41, 5.74) is 1.10. The molecule has 31 heavy (non-hydrogen) atoms. The van der Waals surface area contributed by atoms with Gasteiger partial charge in [0, 0.05) is 0 Å². The van der Waals surface area contributed by atoms with Gasteiger partial charge in [-0.05, 0) is 43.4 Å². The average molecular weight is 443 g/mol. The van der Waals surface area contributed by atoms with E-state index in [9.17, 15) is 13.5 Å². The number of hydrogen-bond donors (Lipinski definition) is 1. The summed E-state index contributed by atoms with van der Waals surface area (Å²) in [4.78, 5) is 0.397. The summed E-state index contributed by atoms with van der Waals surface area (Å²) in [7, 11) is -3.70. The maximum absolute atomic E-state index is 13.2. The smallest absolute Gasteiger partial charge is 0.205 e. The summed E-state index contributed by atoms with van der Waals surface area (Å²) < 4.78 is 26.4. The molecule has 0 spiro atoms. The van der Waals surface area contributed by atoms with Crippen LogP contribution in [0.1, 0.15) is 76.7 Å². The van der Waals surface area contributed by atoms with Crippen molar-refractivity contribution in [2.24, 2.45) is 0 Å². The van der Waals surface area contributed by atoms with Crippen molar-refractivity contribution in [1.29, 1.82) is 0 Å². The van der Waals surface area contributed by atoms with Crippen molar-refractivity contribution in [1.82, 2.24) is 0 Å². The third-order valence-electron chi connectivity index (χ3n) is 5.64. The zero-order valence-corrected chi connectivity index (χ0v) is 19.7. The van der Waals surface area contributed by atoms with Crippen molar-refractivity contribution in [3.8, 4) is 0 Å². The highest BCUT2D eigenvalue weighted by Gasteiger charge is 2.26. The van der Waals surface area contributed by atoms with Crippen LogP contribution in [0.25, 0.3) is 0 Å². The number of sulfone groups is 1. The molecule has 0 radical (unpaired) electrons. The first-order valence-electron chi connectivity index (χ1n) is 11.8. The molecule has 0 heterocycles. The molecule has 0 amide bonds. The quantitative estimate of drug-likeness (QED) is 0.306. The Labute approximate surface area is 189 Å². The predicted molar refractivity (Wildman–Crippen MR) is 130 cm³/mol. The molecule has 0 saturated carbocycles. The monoisotopic (exact) mass is 442 g/mol. The molecule has 2 rings (SSSR count). The Morgan fingerprint density at radius 1 is 0.839 bits per heavy atom. The number of allylic oxidation sites excluding steroid dienone is 1. The summed E-state index contributed by atoms with van der Waals surface area (Å²) in [6.07, 6.45) is 12.1. The molecule has 1 N–H and O–H groups in total. The number of hydrogen-bond acceptors (Lipinski definition) is 3. The van der Waals surface area contributed by atoms with Crippen LogP contribution in [-0.4, -0.2) is 19.6 Å².